The summed E-state index contributed by atoms with van der Waals surface area (Å²) >= 11 is 0. The van der Waals surface area contributed by atoms with Crippen LogP contribution >= 0.6 is 12.4 Å². The molecule has 0 aromatic heterocycles. The average molecular weight is 326 g/mol. The molecule has 1 saturated heterocycles. The first-order chi connectivity index (χ1) is 10.2. The van der Waals surface area contributed by atoms with Crippen LogP contribution in [0.15, 0.2) is 18.2 Å². The molecule has 3 rings (SSSR count). The van der Waals surface area contributed by atoms with E-state index in [4.69, 9.17) is 4.74 Å². The Kier molecular flexibility index (Phi) is 5.35. The van der Waals surface area contributed by atoms with E-state index >= 15 is 0 Å². The molecule has 1 N–H and O–H groups in total. The van der Waals surface area contributed by atoms with Crippen molar-refractivity contribution in [2.75, 3.05) is 20.2 Å². The summed E-state index contributed by atoms with van der Waals surface area (Å²) < 4.78 is 5.16. The van der Waals surface area contributed by atoms with Crippen LogP contribution in [0.1, 0.15) is 36.8 Å². The van der Waals surface area contributed by atoms with Gasteiger partial charge in [-0.15, -0.1) is 12.4 Å². The average Bonchev–Trinajstić information content (AvgIpc) is 2.54. The molecule has 2 aliphatic rings. The van der Waals surface area contributed by atoms with E-state index < -0.39 is 5.54 Å². The third-order valence-corrected chi connectivity index (χ3v) is 5.01. The fourth-order valence-electron chi connectivity index (χ4n) is 3.85. The van der Waals surface area contributed by atoms with Gasteiger partial charge in [0.25, 0.3) is 0 Å². The number of hydrogen-bond donors (Lipinski definition) is 1. The molecule has 1 aromatic carbocycles. The second-order valence-electron chi connectivity index (χ2n) is 6.20. The number of halogens is 1. The number of likely N-dealkylation sites (tertiary alicyclic amines) is 1. The van der Waals surface area contributed by atoms with E-state index in [1.54, 1.807) is 6.07 Å². The predicted molar refractivity (Wildman–Crippen MR) is 87.6 cm³/mol. The minimum Gasteiger partial charge on any atom is -0.508 e. The zero-order chi connectivity index (χ0) is 14.9. The van der Waals surface area contributed by atoms with Gasteiger partial charge in [-0.05, 0) is 62.0 Å². The number of fused-ring (bicyclic) bond motifs is 1. The highest BCUT2D eigenvalue weighted by Gasteiger charge is 2.47. The van der Waals surface area contributed by atoms with E-state index in [1.807, 2.05) is 12.1 Å². The monoisotopic (exact) mass is 325 g/mol. The lowest BCUT2D eigenvalue weighted by atomic mass is 9.76. The minimum absolute atomic E-state index is 0. The predicted octanol–water partition coefficient (Wildman–Crippen LogP) is 2.70. The number of ether oxygens (including phenoxy) is 1. The number of aryl methyl sites for hydroxylation is 1. The van der Waals surface area contributed by atoms with Gasteiger partial charge in [0.05, 0.1) is 7.11 Å². The van der Waals surface area contributed by atoms with Gasteiger partial charge in [0.1, 0.15) is 11.3 Å². The second-order valence-corrected chi connectivity index (χ2v) is 6.20. The van der Waals surface area contributed by atoms with Gasteiger partial charge in [-0.25, -0.2) is 0 Å². The summed E-state index contributed by atoms with van der Waals surface area (Å²) in [6.45, 7) is 1.95. The van der Waals surface area contributed by atoms with E-state index in [0.29, 0.717) is 12.2 Å². The van der Waals surface area contributed by atoms with Crippen LogP contribution in [-0.2, 0) is 22.4 Å². The van der Waals surface area contributed by atoms with Gasteiger partial charge >= 0.3 is 5.97 Å². The lowest BCUT2D eigenvalue weighted by molar-refractivity contribution is -0.157. The van der Waals surface area contributed by atoms with Crippen molar-refractivity contribution in [3.8, 4) is 5.75 Å². The first-order valence-electron chi connectivity index (χ1n) is 7.80. The first kappa shape index (κ1) is 17.1. The summed E-state index contributed by atoms with van der Waals surface area (Å²) in [5.41, 5.74) is 1.81. The highest BCUT2D eigenvalue weighted by atomic mass is 35.5. The zero-order valence-corrected chi connectivity index (χ0v) is 13.8. The number of carbonyl (C=O) groups excluding carboxylic acids is 1. The van der Waals surface area contributed by atoms with Crippen LogP contribution in [0.5, 0.6) is 5.75 Å². The summed E-state index contributed by atoms with van der Waals surface area (Å²) in [5, 5.41) is 9.62. The van der Waals surface area contributed by atoms with Crippen molar-refractivity contribution in [2.24, 2.45) is 0 Å². The van der Waals surface area contributed by atoms with Crippen LogP contribution in [0, 0.1) is 0 Å². The van der Waals surface area contributed by atoms with Crippen molar-refractivity contribution in [1.29, 1.82) is 0 Å². The van der Waals surface area contributed by atoms with Gasteiger partial charge in [-0.1, -0.05) is 12.5 Å². The van der Waals surface area contributed by atoms with Gasteiger partial charge in [-0.2, -0.15) is 0 Å². The maximum Gasteiger partial charge on any atom is 0.326 e. The van der Waals surface area contributed by atoms with E-state index in [1.165, 1.54) is 13.5 Å². The number of carbonyl (C=O) groups is 1. The molecule has 0 radical (unpaired) electrons. The van der Waals surface area contributed by atoms with Crippen molar-refractivity contribution in [3.05, 3.63) is 29.3 Å². The SMILES string of the molecule is COC(=O)C1(N2CCCCC2)CCc2cc(O)ccc2C1.Cl. The number of phenolic OH excluding ortho intramolecular Hbond substituents is 1. The number of rotatable bonds is 2. The van der Waals surface area contributed by atoms with E-state index in [0.717, 1.165) is 49.9 Å². The molecule has 0 saturated carbocycles. The molecule has 1 aliphatic heterocycles. The Balaban J connectivity index is 0.00000176. The van der Waals surface area contributed by atoms with Crippen LogP contribution in [0.3, 0.4) is 0 Å². The molecule has 0 bridgehead atoms. The third-order valence-electron chi connectivity index (χ3n) is 5.01. The molecule has 1 aromatic rings. The Morgan fingerprint density at radius 2 is 1.95 bits per heavy atom. The highest BCUT2D eigenvalue weighted by Crippen LogP contribution is 2.37. The number of benzene rings is 1. The Morgan fingerprint density at radius 3 is 2.64 bits per heavy atom. The molecule has 1 heterocycles. The van der Waals surface area contributed by atoms with Crippen LogP contribution in [0.2, 0.25) is 0 Å². The Hall–Kier alpha value is -1.26. The van der Waals surface area contributed by atoms with Crippen molar-refractivity contribution in [1.82, 2.24) is 4.90 Å². The maximum atomic E-state index is 12.6. The van der Waals surface area contributed by atoms with Crippen molar-refractivity contribution in [2.45, 2.75) is 44.1 Å². The van der Waals surface area contributed by atoms with E-state index in [9.17, 15) is 9.90 Å². The standard InChI is InChI=1S/C17H23NO3.ClH/c1-21-16(20)17(18-9-3-2-4-10-18)8-7-13-11-15(19)6-5-14(13)12-17;/h5-6,11,19H,2-4,7-10,12H2,1H3;1H. The largest absolute Gasteiger partial charge is 0.508 e. The zero-order valence-electron chi connectivity index (χ0n) is 13.0. The van der Waals surface area contributed by atoms with Crippen LogP contribution in [0.25, 0.3) is 0 Å². The summed E-state index contributed by atoms with van der Waals surface area (Å²) in [6.07, 6.45) is 5.83. The topological polar surface area (TPSA) is 49.8 Å². The molecule has 0 spiro atoms. The number of esters is 1. The summed E-state index contributed by atoms with van der Waals surface area (Å²) in [4.78, 5) is 14.9. The van der Waals surface area contributed by atoms with Crippen LogP contribution in [-0.4, -0.2) is 41.7 Å². The lowest BCUT2D eigenvalue weighted by Crippen LogP contribution is -2.59. The molecule has 1 unspecified atom stereocenters. The number of hydrogen-bond acceptors (Lipinski definition) is 4. The summed E-state index contributed by atoms with van der Waals surface area (Å²) in [6, 6.07) is 5.49. The van der Waals surface area contributed by atoms with Gasteiger partial charge in [0, 0.05) is 6.42 Å². The van der Waals surface area contributed by atoms with Crippen LogP contribution in [0.4, 0.5) is 0 Å². The molecular formula is C17H24ClNO3. The first-order valence-corrected chi connectivity index (χ1v) is 7.80. The van der Waals surface area contributed by atoms with Gasteiger partial charge in [0.2, 0.25) is 0 Å². The fourth-order valence-corrected chi connectivity index (χ4v) is 3.85. The van der Waals surface area contributed by atoms with Crippen LogP contribution < -0.4 is 0 Å². The van der Waals surface area contributed by atoms with Gasteiger partial charge in [0.15, 0.2) is 0 Å². The third kappa shape index (κ3) is 2.95. The lowest BCUT2D eigenvalue weighted by Gasteiger charge is -2.46. The van der Waals surface area contributed by atoms with Crippen molar-refractivity contribution in [3.63, 3.8) is 0 Å². The van der Waals surface area contributed by atoms with Gasteiger partial charge in [-0.3, -0.25) is 9.69 Å². The quantitative estimate of drug-likeness (QED) is 0.849. The van der Waals surface area contributed by atoms with Gasteiger partial charge < -0.3 is 9.84 Å². The molecule has 4 nitrogen and oxygen atoms in total. The molecule has 122 valence electrons. The second kappa shape index (κ2) is 6.88. The fraction of sp³-hybridized carbons (Fsp3) is 0.588. The molecule has 5 heteroatoms. The minimum atomic E-state index is -0.515. The van der Waals surface area contributed by atoms with Crippen molar-refractivity contribution >= 4 is 18.4 Å². The number of phenols is 1. The smallest absolute Gasteiger partial charge is 0.326 e. The van der Waals surface area contributed by atoms with E-state index in [-0.39, 0.29) is 18.4 Å². The highest BCUT2D eigenvalue weighted by molar-refractivity contribution is 5.85. The molecule has 1 aliphatic carbocycles. The normalized spacial score (nSPS) is 25.0. The number of nitrogens with zero attached hydrogens (tertiary/aromatic N) is 1. The van der Waals surface area contributed by atoms with Crippen molar-refractivity contribution < 1.29 is 14.6 Å². The number of piperidine rings is 1. The summed E-state index contributed by atoms with van der Waals surface area (Å²) in [5.74, 6) is 0.195. The molecule has 0 amide bonds. The number of methoxy groups -OCH3 is 1. The van der Waals surface area contributed by atoms with E-state index in [2.05, 4.69) is 4.90 Å². The Morgan fingerprint density at radius 1 is 1.23 bits per heavy atom. The number of aromatic hydroxyl groups is 1. The molecule has 22 heavy (non-hydrogen) atoms. The Labute approximate surface area is 137 Å². The summed E-state index contributed by atoms with van der Waals surface area (Å²) in [7, 11) is 1.49. The molecule has 1 atom stereocenters. The maximum absolute atomic E-state index is 12.6. The Bertz CT molecular complexity index is 543. The molecule has 1 fully saturated rings. The molecular weight excluding hydrogens is 302 g/mol.